The Morgan fingerprint density at radius 3 is 2.50 bits per heavy atom. The summed E-state index contributed by atoms with van der Waals surface area (Å²) in [7, 11) is 0. The van der Waals surface area contributed by atoms with Gasteiger partial charge in [-0.15, -0.1) is 6.58 Å². The number of benzene rings is 1. The number of nitrogens with one attached hydrogen (secondary N) is 1. The van der Waals surface area contributed by atoms with Gasteiger partial charge in [-0.05, 0) is 57.9 Å². The molecule has 0 spiro atoms. The Kier molecular flexibility index (Phi) is 8.26. The van der Waals surface area contributed by atoms with Crippen LogP contribution in [0.4, 0.5) is 5.69 Å². The molecule has 24 heavy (non-hydrogen) atoms. The Hall–Kier alpha value is -1.55. The number of anilines is 1. The Balaban J connectivity index is 3.04. The van der Waals surface area contributed by atoms with Crippen molar-refractivity contribution >= 4 is 27.6 Å². The van der Waals surface area contributed by atoms with Crippen LogP contribution in [0.5, 0.6) is 0 Å². The van der Waals surface area contributed by atoms with E-state index in [0.29, 0.717) is 6.61 Å². The van der Waals surface area contributed by atoms with E-state index in [-0.39, 0.29) is 5.97 Å². The summed E-state index contributed by atoms with van der Waals surface area (Å²) in [5.74, 6) is -0.250. The number of halogens is 1. The van der Waals surface area contributed by atoms with E-state index in [1.54, 1.807) is 0 Å². The number of allylic oxidation sites excluding steroid dienone is 2. The zero-order chi connectivity index (χ0) is 18.2. The van der Waals surface area contributed by atoms with E-state index in [0.717, 1.165) is 23.0 Å². The molecule has 2 atom stereocenters. The van der Waals surface area contributed by atoms with Gasteiger partial charge in [0.05, 0.1) is 6.61 Å². The maximum atomic E-state index is 12.6. The first-order valence-electron chi connectivity index (χ1n) is 8.28. The molecule has 0 amide bonds. The van der Waals surface area contributed by atoms with E-state index in [1.165, 1.54) is 5.57 Å². The van der Waals surface area contributed by atoms with E-state index < -0.39 is 11.5 Å². The quantitative estimate of drug-likeness (QED) is 0.429. The first-order valence-corrected chi connectivity index (χ1v) is 9.07. The van der Waals surface area contributed by atoms with Crippen molar-refractivity contribution in [2.24, 2.45) is 5.41 Å². The third-order valence-electron chi connectivity index (χ3n) is 4.04. The Morgan fingerprint density at radius 2 is 2.00 bits per heavy atom. The lowest BCUT2D eigenvalue weighted by Crippen LogP contribution is -2.44. The number of carbonyl (C=O) groups excluding carboxylic acids is 1. The second-order valence-electron chi connectivity index (χ2n) is 6.37. The van der Waals surface area contributed by atoms with Gasteiger partial charge < -0.3 is 10.1 Å². The van der Waals surface area contributed by atoms with Crippen molar-refractivity contribution in [1.29, 1.82) is 0 Å². The summed E-state index contributed by atoms with van der Waals surface area (Å²) in [4.78, 5) is 12.6. The van der Waals surface area contributed by atoms with Crippen molar-refractivity contribution in [3.05, 3.63) is 53.0 Å². The lowest BCUT2D eigenvalue weighted by atomic mass is 9.77. The molecule has 0 aromatic heterocycles. The van der Waals surface area contributed by atoms with Crippen molar-refractivity contribution < 1.29 is 9.53 Å². The molecule has 1 N–H and O–H groups in total. The second kappa shape index (κ2) is 9.67. The number of ether oxygens (including phenoxy) is 1. The van der Waals surface area contributed by atoms with E-state index in [9.17, 15) is 4.79 Å². The molecule has 1 aromatic carbocycles. The summed E-state index contributed by atoms with van der Waals surface area (Å²) in [6, 6.07) is 7.28. The van der Waals surface area contributed by atoms with Crippen molar-refractivity contribution in [1.82, 2.24) is 0 Å². The normalized spacial score (nSPS) is 14.2. The highest BCUT2D eigenvalue weighted by molar-refractivity contribution is 9.10. The average molecular weight is 394 g/mol. The Bertz CT molecular complexity index is 576. The van der Waals surface area contributed by atoms with Crippen LogP contribution >= 0.6 is 15.9 Å². The van der Waals surface area contributed by atoms with Gasteiger partial charge in [0.25, 0.3) is 0 Å². The van der Waals surface area contributed by atoms with Crippen molar-refractivity contribution in [2.75, 3.05) is 11.9 Å². The lowest BCUT2D eigenvalue weighted by Gasteiger charge is -2.34. The zero-order valence-electron chi connectivity index (χ0n) is 15.1. The smallest absolute Gasteiger partial charge is 0.329 e. The molecular weight excluding hydrogens is 366 g/mol. The monoisotopic (exact) mass is 393 g/mol. The standard InChI is InChI=1S/C20H28BrNO2/c1-6-20(5,14-8-9-15(3)4)18(19(23)24-7-2)22-17-12-10-16(21)11-13-17/h6,9-13,18,22H,1,7-8,14H2,2-5H3/t18-,20+/m0/s1. The number of hydrogen-bond donors (Lipinski definition) is 1. The van der Waals surface area contributed by atoms with Crippen LogP contribution in [0.3, 0.4) is 0 Å². The van der Waals surface area contributed by atoms with Crippen LogP contribution in [0.25, 0.3) is 0 Å². The SMILES string of the molecule is C=C[C@](C)(CCC=C(C)C)[C@@H](Nc1ccc(Br)cc1)C(=O)OCC. The van der Waals surface area contributed by atoms with Crippen molar-refractivity contribution in [3.8, 4) is 0 Å². The van der Waals surface area contributed by atoms with Gasteiger partial charge in [-0.25, -0.2) is 4.79 Å². The van der Waals surface area contributed by atoms with E-state index in [4.69, 9.17) is 4.74 Å². The Labute approximate surface area is 154 Å². The van der Waals surface area contributed by atoms with E-state index >= 15 is 0 Å². The van der Waals surface area contributed by atoms with Crippen LogP contribution in [-0.2, 0) is 9.53 Å². The first kappa shape index (κ1) is 20.5. The minimum Gasteiger partial charge on any atom is -0.464 e. The minimum absolute atomic E-state index is 0.250. The summed E-state index contributed by atoms with van der Waals surface area (Å²) >= 11 is 3.42. The lowest BCUT2D eigenvalue weighted by molar-refractivity contribution is -0.146. The average Bonchev–Trinajstić information content (AvgIpc) is 2.53. The molecule has 0 unspecified atom stereocenters. The molecule has 0 saturated carbocycles. The van der Waals surface area contributed by atoms with Gasteiger partial charge in [-0.2, -0.15) is 0 Å². The number of rotatable bonds is 9. The second-order valence-corrected chi connectivity index (χ2v) is 7.28. The van der Waals surface area contributed by atoms with Gasteiger partial charge in [0, 0.05) is 15.6 Å². The maximum Gasteiger partial charge on any atom is 0.329 e. The maximum absolute atomic E-state index is 12.6. The molecule has 0 saturated heterocycles. The van der Waals surface area contributed by atoms with Crippen molar-refractivity contribution in [2.45, 2.75) is 46.6 Å². The van der Waals surface area contributed by atoms with Gasteiger partial charge in [-0.3, -0.25) is 0 Å². The predicted octanol–water partition coefficient (Wildman–Crippen LogP) is 5.73. The summed E-state index contributed by atoms with van der Waals surface area (Å²) < 4.78 is 6.30. The highest BCUT2D eigenvalue weighted by atomic mass is 79.9. The van der Waals surface area contributed by atoms with E-state index in [2.05, 4.69) is 47.7 Å². The topological polar surface area (TPSA) is 38.3 Å². The van der Waals surface area contributed by atoms with Crippen molar-refractivity contribution in [3.63, 3.8) is 0 Å². The summed E-state index contributed by atoms with van der Waals surface area (Å²) in [5.41, 5.74) is 1.74. The minimum atomic E-state index is -0.485. The molecule has 0 fully saturated rings. The van der Waals surface area contributed by atoms with E-state index in [1.807, 2.05) is 44.2 Å². The van der Waals surface area contributed by atoms with Crippen LogP contribution in [0.15, 0.2) is 53.0 Å². The number of carbonyl (C=O) groups is 1. The summed E-state index contributed by atoms with van der Waals surface area (Å²) in [6.45, 7) is 12.4. The molecule has 1 aromatic rings. The van der Waals surface area contributed by atoms with Crippen LogP contribution < -0.4 is 5.32 Å². The molecule has 4 heteroatoms. The van der Waals surface area contributed by atoms with Crippen LogP contribution in [0.2, 0.25) is 0 Å². The first-order chi connectivity index (χ1) is 11.3. The molecule has 0 aliphatic heterocycles. The fourth-order valence-corrected chi connectivity index (χ4v) is 2.73. The molecule has 132 valence electrons. The molecule has 0 radical (unpaired) electrons. The number of esters is 1. The third-order valence-corrected chi connectivity index (χ3v) is 4.57. The predicted molar refractivity (Wildman–Crippen MR) is 105 cm³/mol. The molecule has 0 heterocycles. The third kappa shape index (κ3) is 6.16. The molecule has 1 rings (SSSR count). The fourth-order valence-electron chi connectivity index (χ4n) is 2.47. The van der Waals surface area contributed by atoms with Crippen LogP contribution in [0.1, 0.15) is 40.5 Å². The highest BCUT2D eigenvalue weighted by Gasteiger charge is 2.37. The summed E-state index contributed by atoms with van der Waals surface area (Å²) in [5, 5.41) is 3.33. The van der Waals surface area contributed by atoms with Gasteiger partial charge in [0.15, 0.2) is 0 Å². The van der Waals surface area contributed by atoms with Crippen LogP contribution in [0, 0.1) is 5.41 Å². The van der Waals surface area contributed by atoms with Gasteiger partial charge in [-0.1, -0.05) is 40.6 Å². The Morgan fingerprint density at radius 1 is 1.38 bits per heavy atom. The fraction of sp³-hybridized carbons (Fsp3) is 0.450. The summed E-state index contributed by atoms with van der Waals surface area (Å²) in [6.07, 6.45) is 5.75. The molecular formula is C20H28BrNO2. The molecule has 0 bridgehead atoms. The highest BCUT2D eigenvalue weighted by Crippen LogP contribution is 2.33. The molecule has 0 aliphatic carbocycles. The number of hydrogen-bond acceptors (Lipinski definition) is 3. The zero-order valence-corrected chi connectivity index (χ0v) is 16.7. The van der Waals surface area contributed by atoms with Crippen LogP contribution in [-0.4, -0.2) is 18.6 Å². The van der Waals surface area contributed by atoms with Gasteiger partial charge in [0.2, 0.25) is 0 Å². The largest absolute Gasteiger partial charge is 0.464 e. The van der Waals surface area contributed by atoms with Gasteiger partial charge >= 0.3 is 5.97 Å². The molecule has 0 aliphatic rings. The molecule has 3 nitrogen and oxygen atoms in total. The van der Waals surface area contributed by atoms with Gasteiger partial charge in [0.1, 0.15) is 6.04 Å².